The van der Waals surface area contributed by atoms with Crippen LogP contribution in [0.1, 0.15) is 53.3 Å². The summed E-state index contributed by atoms with van der Waals surface area (Å²) in [5.41, 5.74) is 5.08. The summed E-state index contributed by atoms with van der Waals surface area (Å²) in [6.07, 6.45) is 0.944. The number of carboxylic acid groups (broad SMARTS) is 1. The minimum atomic E-state index is -0.811. The van der Waals surface area contributed by atoms with Crippen molar-refractivity contribution in [2.24, 2.45) is 0 Å². The summed E-state index contributed by atoms with van der Waals surface area (Å²) in [4.78, 5) is 14.5. The van der Waals surface area contributed by atoms with E-state index in [9.17, 15) is 9.90 Å². The van der Waals surface area contributed by atoms with Crippen molar-refractivity contribution in [3.05, 3.63) is 123 Å². The van der Waals surface area contributed by atoms with E-state index < -0.39 is 12.0 Å². The average Bonchev–Trinajstić information content (AvgIpc) is 3.01. The van der Waals surface area contributed by atoms with Crippen LogP contribution in [0, 0.1) is 0 Å². The molecule has 4 aromatic rings. The van der Waals surface area contributed by atoms with Gasteiger partial charge in [-0.25, -0.2) is 0 Å². The van der Waals surface area contributed by atoms with Crippen LogP contribution < -0.4 is 14.2 Å². The number of fused-ring (bicyclic) bond motifs is 2. The number of ether oxygens (including phenoxy) is 3. The van der Waals surface area contributed by atoms with Gasteiger partial charge in [-0.15, -0.1) is 0 Å². The Kier molecular flexibility index (Phi) is 8.29. The van der Waals surface area contributed by atoms with Gasteiger partial charge in [0.1, 0.15) is 25.0 Å². The summed E-state index contributed by atoms with van der Waals surface area (Å²) in [6.45, 7) is 3.35. The van der Waals surface area contributed by atoms with Crippen molar-refractivity contribution in [3.63, 3.8) is 0 Å². The van der Waals surface area contributed by atoms with E-state index in [1.165, 1.54) is 0 Å². The van der Waals surface area contributed by atoms with E-state index in [-0.39, 0.29) is 12.1 Å². The second kappa shape index (κ2) is 12.3. The van der Waals surface area contributed by atoms with Gasteiger partial charge in [0, 0.05) is 12.6 Å². The Morgan fingerprint density at radius 1 is 0.976 bits per heavy atom. The smallest absolute Gasteiger partial charge is 0.321 e. The van der Waals surface area contributed by atoms with Gasteiger partial charge in [-0.05, 0) is 77.1 Å². The number of carboxylic acids is 1. The fourth-order valence-corrected chi connectivity index (χ4v) is 6.12. The maximum Gasteiger partial charge on any atom is 0.321 e. The Morgan fingerprint density at radius 2 is 1.74 bits per heavy atom. The predicted octanol–water partition coefficient (Wildman–Crippen LogP) is 8.05. The van der Waals surface area contributed by atoms with E-state index in [1.54, 1.807) is 12.1 Å². The summed E-state index contributed by atoms with van der Waals surface area (Å²) < 4.78 is 18.5. The van der Waals surface area contributed by atoms with Gasteiger partial charge in [-0.3, -0.25) is 9.69 Å². The maximum absolute atomic E-state index is 12.4. The van der Waals surface area contributed by atoms with Gasteiger partial charge >= 0.3 is 5.97 Å². The lowest BCUT2D eigenvalue weighted by Crippen LogP contribution is -2.47. The number of hydrogen-bond donors (Lipinski definition) is 1. The molecule has 0 fully saturated rings. The highest BCUT2D eigenvalue weighted by atomic mass is 35.5. The van der Waals surface area contributed by atoms with Crippen molar-refractivity contribution in [1.82, 2.24) is 4.90 Å². The standard InChI is InChI=1S/C34H31Cl2NO5/c1-2-29(22-6-4-3-5-7-22)37-18-25-17-32-31(16-24(25)15-30(37)34(38)39)41-20-33(42-32)23-9-11-26(12-10-23)40-19-21-8-13-27(35)28(36)14-21/h3-14,16-17,29-30,33H,2,15,18-20H2,1H3,(H,38,39)/t29-,30+,33-/m1/s1. The van der Waals surface area contributed by atoms with E-state index >= 15 is 0 Å². The predicted molar refractivity (Wildman–Crippen MR) is 163 cm³/mol. The highest BCUT2D eigenvalue weighted by molar-refractivity contribution is 6.42. The van der Waals surface area contributed by atoms with Crippen LogP contribution in [0.3, 0.4) is 0 Å². The van der Waals surface area contributed by atoms with Gasteiger partial charge in [0.25, 0.3) is 0 Å². The molecule has 0 saturated heterocycles. The van der Waals surface area contributed by atoms with Crippen LogP contribution in [0.2, 0.25) is 10.0 Å². The molecule has 0 aromatic heterocycles. The second-order valence-electron chi connectivity index (χ2n) is 10.7. The molecule has 6 rings (SSSR count). The van der Waals surface area contributed by atoms with Crippen molar-refractivity contribution in [1.29, 1.82) is 0 Å². The molecule has 0 aliphatic carbocycles. The third-order valence-electron chi connectivity index (χ3n) is 7.99. The van der Waals surface area contributed by atoms with Gasteiger partial charge in [-0.1, -0.05) is 78.7 Å². The molecular formula is C34H31Cl2NO5. The minimum absolute atomic E-state index is 0.00110. The lowest BCUT2D eigenvalue weighted by atomic mass is 9.89. The molecule has 8 heteroatoms. The zero-order chi connectivity index (χ0) is 29.2. The lowest BCUT2D eigenvalue weighted by molar-refractivity contribution is -0.145. The molecule has 2 heterocycles. The average molecular weight is 605 g/mol. The van der Waals surface area contributed by atoms with Crippen molar-refractivity contribution >= 4 is 29.2 Å². The molecule has 4 aromatic carbocycles. The molecule has 0 bridgehead atoms. The zero-order valence-corrected chi connectivity index (χ0v) is 24.6. The van der Waals surface area contributed by atoms with Crippen molar-refractivity contribution in [2.75, 3.05) is 6.61 Å². The molecule has 3 atom stereocenters. The Balaban J connectivity index is 1.17. The monoisotopic (exact) mass is 603 g/mol. The molecule has 2 aliphatic heterocycles. The summed E-state index contributed by atoms with van der Waals surface area (Å²) in [5, 5.41) is 11.2. The van der Waals surface area contributed by atoms with Crippen molar-refractivity contribution < 1.29 is 24.1 Å². The van der Waals surface area contributed by atoms with Crippen LogP contribution in [0.4, 0.5) is 0 Å². The SMILES string of the molecule is CC[C@H](c1ccccc1)N1Cc2cc3c(cc2C[C@H]1C(=O)O)OC[C@H](c1ccc(OCc2ccc(Cl)c(Cl)c2)cc1)O3. The van der Waals surface area contributed by atoms with Crippen LogP contribution in [0.25, 0.3) is 0 Å². The summed E-state index contributed by atoms with van der Waals surface area (Å²) in [7, 11) is 0. The van der Waals surface area contributed by atoms with Crippen LogP contribution in [0.5, 0.6) is 17.2 Å². The summed E-state index contributed by atoms with van der Waals surface area (Å²) >= 11 is 12.1. The van der Waals surface area contributed by atoms with E-state index in [0.29, 0.717) is 47.7 Å². The number of halogens is 2. The summed E-state index contributed by atoms with van der Waals surface area (Å²) in [6, 6.07) is 26.7. The first-order valence-electron chi connectivity index (χ1n) is 14.0. The molecule has 0 saturated carbocycles. The fraction of sp³-hybridized carbons (Fsp3) is 0.265. The number of nitrogens with zero attached hydrogens (tertiary/aromatic N) is 1. The first-order valence-corrected chi connectivity index (χ1v) is 14.8. The largest absolute Gasteiger partial charge is 0.489 e. The maximum atomic E-state index is 12.4. The molecule has 0 amide bonds. The Hall–Kier alpha value is -3.71. The van der Waals surface area contributed by atoms with Crippen LogP contribution in [-0.4, -0.2) is 28.6 Å². The highest BCUT2D eigenvalue weighted by Gasteiger charge is 2.37. The third kappa shape index (κ3) is 5.93. The number of carbonyl (C=O) groups is 1. The minimum Gasteiger partial charge on any atom is -0.489 e. The number of benzene rings is 4. The second-order valence-corrected chi connectivity index (χ2v) is 11.5. The first kappa shape index (κ1) is 28.4. The first-order chi connectivity index (χ1) is 20.4. The molecule has 0 spiro atoms. The summed E-state index contributed by atoms with van der Waals surface area (Å²) in [5.74, 6) is 1.24. The van der Waals surface area contributed by atoms with Crippen molar-refractivity contribution in [3.8, 4) is 17.2 Å². The van der Waals surface area contributed by atoms with E-state index in [0.717, 1.165) is 40.0 Å². The lowest BCUT2D eigenvalue weighted by Gasteiger charge is -2.40. The van der Waals surface area contributed by atoms with Crippen LogP contribution >= 0.6 is 23.2 Å². The highest BCUT2D eigenvalue weighted by Crippen LogP contribution is 2.42. The normalized spacial score (nSPS) is 18.6. The molecule has 2 aliphatic rings. The Morgan fingerprint density at radius 3 is 2.45 bits per heavy atom. The number of rotatable bonds is 8. The van der Waals surface area contributed by atoms with Crippen LogP contribution in [-0.2, 0) is 24.4 Å². The quantitative estimate of drug-likeness (QED) is 0.220. The molecule has 0 radical (unpaired) electrons. The fourth-order valence-electron chi connectivity index (χ4n) is 5.80. The topological polar surface area (TPSA) is 68.2 Å². The third-order valence-corrected chi connectivity index (χ3v) is 8.73. The Labute approximate surface area is 255 Å². The molecule has 0 unspecified atom stereocenters. The van der Waals surface area contributed by atoms with Gasteiger partial charge in [-0.2, -0.15) is 0 Å². The van der Waals surface area contributed by atoms with Gasteiger partial charge in [0.15, 0.2) is 17.6 Å². The molecule has 216 valence electrons. The molecule has 6 nitrogen and oxygen atoms in total. The molecule has 1 N–H and O–H groups in total. The molecule has 42 heavy (non-hydrogen) atoms. The van der Waals surface area contributed by atoms with E-state index in [1.807, 2.05) is 60.7 Å². The molecular weight excluding hydrogens is 573 g/mol. The van der Waals surface area contributed by atoms with Gasteiger partial charge in [0.2, 0.25) is 0 Å². The Bertz CT molecular complexity index is 1580. The number of aliphatic carboxylic acids is 1. The number of hydrogen-bond acceptors (Lipinski definition) is 5. The van der Waals surface area contributed by atoms with Gasteiger partial charge in [0.05, 0.1) is 10.0 Å². The van der Waals surface area contributed by atoms with E-state index in [4.69, 9.17) is 37.4 Å². The van der Waals surface area contributed by atoms with Crippen LogP contribution in [0.15, 0.2) is 84.9 Å². The van der Waals surface area contributed by atoms with E-state index in [2.05, 4.69) is 24.0 Å². The zero-order valence-electron chi connectivity index (χ0n) is 23.1. The van der Waals surface area contributed by atoms with Gasteiger partial charge < -0.3 is 19.3 Å². The van der Waals surface area contributed by atoms with Crippen molar-refractivity contribution in [2.45, 2.75) is 51.1 Å².